The quantitative estimate of drug-likeness (QED) is 0.554. The van der Waals surface area contributed by atoms with E-state index in [1.54, 1.807) is 0 Å². The molecule has 0 fully saturated rings. The SMILES string of the molecule is Cc1cccc2c1nc(C)c1nccn12. The lowest BCUT2D eigenvalue weighted by molar-refractivity contribution is 1.14. The molecule has 3 aromatic rings. The van der Waals surface area contributed by atoms with E-state index in [0.717, 1.165) is 22.4 Å². The minimum absolute atomic E-state index is 0.938. The highest BCUT2D eigenvalue weighted by atomic mass is 15.0. The monoisotopic (exact) mass is 197 g/mol. The van der Waals surface area contributed by atoms with Gasteiger partial charge in [0.15, 0.2) is 5.65 Å². The third-order valence-corrected chi connectivity index (χ3v) is 2.72. The minimum Gasteiger partial charge on any atom is -0.297 e. The third-order valence-electron chi connectivity index (χ3n) is 2.72. The Hall–Kier alpha value is -1.90. The van der Waals surface area contributed by atoms with Gasteiger partial charge in [0.05, 0.1) is 16.7 Å². The predicted octanol–water partition coefficient (Wildman–Crippen LogP) is 2.50. The Morgan fingerprint density at radius 3 is 2.93 bits per heavy atom. The van der Waals surface area contributed by atoms with Crippen molar-refractivity contribution in [3.63, 3.8) is 0 Å². The van der Waals surface area contributed by atoms with E-state index in [1.807, 2.05) is 25.4 Å². The number of aromatic nitrogens is 3. The van der Waals surface area contributed by atoms with Gasteiger partial charge in [0.1, 0.15) is 0 Å². The number of rotatable bonds is 0. The van der Waals surface area contributed by atoms with Gasteiger partial charge in [-0.1, -0.05) is 12.1 Å². The molecule has 0 atom stereocenters. The normalized spacial score (nSPS) is 11.3. The molecule has 3 nitrogen and oxygen atoms in total. The van der Waals surface area contributed by atoms with E-state index in [9.17, 15) is 0 Å². The fourth-order valence-electron chi connectivity index (χ4n) is 1.97. The summed E-state index contributed by atoms with van der Waals surface area (Å²) in [6, 6.07) is 6.20. The Morgan fingerprint density at radius 2 is 2.07 bits per heavy atom. The smallest absolute Gasteiger partial charge is 0.158 e. The van der Waals surface area contributed by atoms with Crippen LogP contribution in [0.2, 0.25) is 0 Å². The van der Waals surface area contributed by atoms with Gasteiger partial charge in [0.2, 0.25) is 0 Å². The summed E-state index contributed by atoms with van der Waals surface area (Å²) in [5.74, 6) is 0. The van der Waals surface area contributed by atoms with Gasteiger partial charge in [-0.2, -0.15) is 0 Å². The predicted molar refractivity (Wildman–Crippen MR) is 60.0 cm³/mol. The lowest BCUT2D eigenvalue weighted by Gasteiger charge is -2.05. The molecular formula is C12H11N3. The summed E-state index contributed by atoms with van der Waals surface area (Å²) in [5, 5.41) is 0. The number of hydrogen-bond donors (Lipinski definition) is 0. The lowest BCUT2D eigenvalue weighted by Crippen LogP contribution is -1.95. The number of fused-ring (bicyclic) bond motifs is 3. The molecule has 3 rings (SSSR count). The Kier molecular flexibility index (Phi) is 1.57. The summed E-state index contributed by atoms with van der Waals surface area (Å²) in [7, 11) is 0. The summed E-state index contributed by atoms with van der Waals surface area (Å²) in [4.78, 5) is 8.89. The second kappa shape index (κ2) is 2.79. The van der Waals surface area contributed by atoms with Crippen LogP contribution in [-0.4, -0.2) is 14.4 Å². The zero-order valence-electron chi connectivity index (χ0n) is 8.73. The van der Waals surface area contributed by atoms with E-state index in [1.165, 1.54) is 5.56 Å². The number of hydrogen-bond acceptors (Lipinski definition) is 2. The molecule has 15 heavy (non-hydrogen) atoms. The van der Waals surface area contributed by atoms with Gasteiger partial charge in [-0.25, -0.2) is 9.97 Å². The highest BCUT2D eigenvalue weighted by molar-refractivity contribution is 5.81. The second-order valence-electron chi connectivity index (χ2n) is 3.76. The van der Waals surface area contributed by atoms with Crippen LogP contribution in [0.5, 0.6) is 0 Å². The van der Waals surface area contributed by atoms with Gasteiger partial charge < -0.3 is 0 Å². The molecule has 0 bridgehead atoms. The maximum Gasteiger partial charge on any atom is 0.158 e. The zero-order chi connectivity index (χ0) is 10.4. The van der Waals surface area contributed by atoms with Gasteiger partial charge >= 0.3 is 0 Å². The van der Waals surface area contributed by atoms with E-state index >= 15 is 0 Å². The first-order valence-electron chi connectivity index (χ1n) is 4.96. The van der Waals surface area contributed by atoms with Gasteiger partial charge in [-0.3, -0.25) is 4.40 Å². The molecule has 74 valence electrons. The average molecular weight is 197 g/mol. The van der Waals surface area contributed by atoms with E-state index in [0.29, 0.717) is 0 Å². The van der Waals surface area contributed by atoms with Gasteiger partial charge in [-0.05, 0) is 25.5 Å². The van der Waals surface area contributed by atoms with Crippen LogP contribution in [0, 0.1) is 13.8 Å². The highest BCUT2D eigenvalue weighted by Gasteiger charge is 2.06. The van der Waals surface area contributed by atoms with E-state index in [4.69, 9.17) is 0 Å². The Bertz CT molecular complexity index is 652. The van der Waals surface area contributed by atoms with Gasteiger partial charge in [0, 0.05) is 12.4 Å². The van der Waals surface area contributed by atoms with Crippen molar-refractivity contribution in [1.82, 2.24) is 14.4 Å². The van der Waals surface area contributed by atoms with Crippen LogP contribution >= 0.6 is 0 Å². The molecule has 0 aliphatic carbocycles. The molecule has 0 aliphatic rings. The second-order valence-corrected chi connectivity index (χ2v) is 3.76. The first-order chi connectivity index (χ1) is 7.27. The fourth-order valence-corrected chi connectivity index (χ4v) is 1.97. The largest absolute Gasteiger partial charge is 0.297 e. The van der Waals surface area contributed by atoms with Crippen LogP contribution in [-0.2, 0) is 0 Å². The van der Waals surface area contributed by atoms with Crippen LogP contribution < -0.4 is 0 Å². The number of para-hydroxylation sites is 1. The van der Waals surface area contributed by atoms with Crippen LogP contribution in [0.25, 0.3) is 16.7 Å². The first kappa shape index (κ1) is 8.41. The van der Waals surface area contributed by atoms with Crippen LogP contribution in [0.3, 0.4) is 0 Å². The molecule has 0 saturated carbocycles. The Labute approximate surface area is 87.4 Å². The van der Waals surface area contributed by atoms with Crippen molar-refractivity contribution in [3.05, 3.63) is 41.9 Å². The topological polar surface area (TPSA) is 30.2 Å². The number of nitrogens with zero attached hydrogens (tertiary/aromatic N) is 3. The third kappa shape index (κ3) is 1.06. The lowest BCUT2D eigenvalue weighted by atomic mass is 10.2. The van der Waals surface area contributed by atoms with Crippen molar-refractivity contribution in [2.24, 2.45) is 0 Å². The van der Waals surface area contributed by atoms with E-state index < -0.39 is 0 Å². The molecule has 2 heterocycles. The van der Waals surface area contributed by atoms with Gasteiger partial charge in [-0.15, -0.1) is 0 Å². The molecule has 0 saturated heterocycles. The van der Waals surface area contributed by atoms with Crippen LogP contribution in [0.1, 0.15) is 11.3 Å². The number of imidazole rings is 1. The van der Waals surface area contributed by atoms with Crippen molar-refractivity contribution in [2.75, 3.05) is 0 Å². The molecule has 1 aromatic carbocycles. The first-order valence-corrected chi connectivity index (χ1v) is 4.96. The van der Waals surface area contributed by atoms with Crippen molar-refractivity contribution in [3.8, 4) is 0 Å². The summed E-state index contributed by atoms with van der Waals surface area (Å²) in [6.45, 7) is 4.08. The molecule has 3 heteroatoms. The average Bonchev–Trinajstić information content (AvgIpc) is 2.69. The number of benzene rings is 1. The summed E-state index contributed by atoms with van der Waals surface area (Å²) in [6.07, 6.45) is 3.79. The van der Waals surface area contributed by atoms with E-state index in [2.05, 4.69) is 33.4 Å². The zero-order valence-corrected chi connectivity index (χ0v) is 8.73. The van der Waals surface area contributed by atoms with Crippen LogP contribution in [0.15, 0.2) is 30.6 Å². The van der Waals surface area contributed by atoms with Gasteiger partial charge in [0.25, 0.3) is 0 Å². The summed E-state index contributed by atoms with van der Waals surface area (Å²) >= 11 is 0. The molecule has 0 aliphatic heterocycles. The molecule has 0 spiro atoms. The maximum absolute atomic E-state index is 4.59. The Balaban J connectivity index is 2.66. The van der Waals surface area contributed by atoms with Crippen molar-refractivity contribution in [2.45, 2.75) is 13.8 Å². The number of aryl methyl sites for hydroxylation is 2. The summed E-state index contributed by atoms with van der Waals surface area (Å²) in [5.41, 5.74) is 5.29. The maximum atomic E-state index is 4.59. The van der Waals surface area contributed by atoms with E-state index in [-0.39, 0.29) is 0 Å². The Morgan fingerprint density at radius 1 is 1.20 bits per heavy atom. The fraction of sp³-hybridized carbons (Fsp3) is 0.167. The minimum atomic E-state index is 0.938. The standard InChI is InChI=1S/C12H11N3/c1-8-4-3-5-10-11(8)14-9(2)12-13-6-7-15(10)12/h3-7H,1-2H3. The van der Waals surface area contributed by atoms with Crippen molar-refractivity contribution < 1.29 is 0 Å². The molecule has 0 radical (unpaired) electrons. The molecule has 2 aromatic heterocycles. The summed E-state index contributed by atoms with van der Waals surface area (Å²) < 4.78 is 2.09. The molecule has 0 amide bonds. The molecule has 0 unspecified atom stereocenters. The highest BCUT2D eigenvalue weighted by Crippen LogP contribution is 2.19. The van der Waals surface area contributed by atoms with Crippen molar-refractivity contribution in [1.29, 1.82) is 0 Å². The molecule has 0 N–H and O–H groups in total. The van der Waals surface area contributed by atoms with Crippen molar-refractivity contribution >= 4 is 16.7 Å². The van der Waals surface area contributed by atoms with Crippen LogP contribution in [0.4, 0.5) is 0 Å². The molecular weight excluding hydrogens is 186 g/mol.